The molecule has 3 amide bonds. The van der Waals surface area contributed by atoms with Crippen LogP contribution in [-0.2, 0) is 14.4 Å². The topological polar surface area (TPSA) is 87.3 Å². The molecule has 0 saturated carbocycles. The molecule has 0 atom stereocenters. The average molecular weight is 282 g/mol. The fourth-order valence-corrected chi connectivity index (χ4v) is 1.98. The molecule has 1 aromatic carbocycles. The fraction of sp³-hybridized carbons (Fsp3) is 0.250. The van der Waals surface area contributed by atoms with Crippen molar-refractivity contribution in [2.24, 2.45) is 5.92 Å². The Morgan fingerprint density at radius 2 is 1.95 bits per heavy atom. The molecule has 0 aromatic heterocycles. The number of hydrazine groups is 1. The minimum absolute atomic E-state index is 0.195. The van der Waals surface area contributed by atoms with E-state index in [0.717, 1.165) is 5.56 Å². The Kier molecular flexibility index (Phi) is 3.71. The Hall–Kier alpha value is -2.08. The van der Waals surface area contributed by atoms with Crippen LogP contribution in [0.2, 0.25) is 5.02 Å². The van der Waals surface area contributed by atoms with Gasteiger partial charge in [-0.2, -0.15) is 0 Å². The van der Waals surface area contributed by atoms with Crippen molar-refractivity contribution in [1.82, 2.24) is 10.9 Å². The van der Waals surface area contributed by atoms with Gasteiger partial charge in [0, 0.05) is 17.1 Å². The first-order valence-corrected chi connectivity index (χ1v) is 6.01. The summed E-state index contributed by atoms with van der Waals surface area (Å²) in [5.41, 5.74) is 5.75. The van der Waals surface area contributed by atoms with Crippen LogP contribution >= 0.6 is 11.6 Å². The number of anilines is 1. The van der Waals surface area contributed by atoms with Crippen molar-refractivity contribution in [2.75, 3.05) is 5.32 Å². The first kappa shape index (κ1) is 13.4. The molecule has 1 heterocycles. The Morgan fingerprint density at radius 1 is 1.32 bits per heavy atom. The number of hydrogen-bond donors (Lipinski definition) is 3. The Bertz CT molecular complexity index is 543. The van der Waals surface area contributed by atoms with E-state index in [2.05, 4.69) is 16.2 Å². The van der Waals surface area contributed by atoms with Gasteiger partial charge in [-0.15, -0.1) is 0 Å². The molecular formula is C12H12ClN3O3. The van der Waals surface area contributed by atoms with Gasteiger partial charge in [-0.25, -0.2) is 0 Å². The van der Waals surface area contributed by atoms with Crippen LogP contribution < -0.4 is 16.2 Å². The molecule has 7 heteroatoms. The SMILES string of the molecule is Cc1cc(Cl)ccc1NC(=O)CC1C(=O)NNC1=O. The second-order valence-electron chi connectivity index (χ2n) is 4.24. The number of benzene rings is 1. The molecule has 1 aromatic rings. The van der Waals surface area contributed by atoms with E-state index in [1.54, 1.807) is 25.1 Å². The van der Waals surface area contributed by atoms with Gasteiger partial charge in [0.05, 0.1) is 0 Å². The molecule has 0 radical (unpaired) electrons. The van der Waals surface area contributed by atoms with Crippen LogP contribution in [0, 0.1) is 12.8 Å². The zero-order valence-corrected chi connectivity index (χ0v) is 10.9. The van der Waals surface area contributed by atoms with E-state index in [1.807, 2.05) is 0 Å². The van der Waals surface area contributed by atoms with Crippen molar-refractivity contribution >= 4 is 35.0 Å². The maximum Gasteiger partial charge on any atom is 0.251 e. The van der Waals surface area contributed by atoms with Crippen LogP contribution in [-0.4, -0.2) is 17.7 Å². The highest BCUT2D eigenvalue weighted by Crippen LogP contribution is 2.20. The van der Waals surface area contributed by atoms with E-state index in [-0.39, 0.29) is 6.42 Å². The number of amides is 3. The fourth-order valence-electron chi connectivity index (χ4n) is 1.76. The standard InChI is InChI=1S/C12H12ClN3O3/c1-6-4-7(13)2-3-9(6)14-10(17)5-8-11(18)15-16-12(8)19/h2-4,8H,5H2,1H3,(H,14,17)(H,15,18)(H,16,19). The highest BCUT2D eigenvalue weighted by molar-refractivity contribution is 6.30. The molecule has 0 bridgehead atoms. The summed E-state index contributed by atoms with van der Waals surface area (Å²) in [6.45, 7) is 1.80. The third-order valence-electron chi connectivity index (χ3n) is 2.79. The van der Waals surface area contributed by atoms with Crippen molar-refractivity contribution in [2.45, 2.75) is 13.3 Å². The van der Waals surface area contributed by atoms with Gasteiger partial charge in [-0.05, 0) is 30.7 Å². The van der Waals surface area contributed by atoms with Gasteiger partial charge in [-0.3, -0.25) is 25.2 Å². The van der Waals surface area contributed by atoms with E-state index < -0.39 is 23.6 Å². The summed E-state index contributed by atoms with van der Waals surface area (Å²) in [6.07, 6.45) is -0.195. The van der Waals surface area contributed by atoms with Gasteiger partial charge in [-0.1, -0.05) is 11.6 Å². The van der Waals surface area contributed by atoms with E-state index >= 15 is 0 Å². The molecule has 0 aliphatic carbocycles. The van der Waals surface area contributed by atoms with E-state index in [0.29, 0.717) is 10.7 Å². The molecular weight excluding hydrogens is 270 g/mol. The molecule has 2 rings (SSSR count). The Morgan fingerprint density at radius 3 is 2.53 bits per heavy atom. The zero-order valence-electron chi connectivity index (χ0n) is 10.1. The average Bonchev–Trinajstić information content (AvgIpc) is 2.65. The predicted octanol–water partition coefficient (Wildman–Crippen LogP) is 0.754. The minimum atomic E-state index is -0.979. The molecule has 1 aliphatic rings. The van der Waals surface area contributed by atoms with Crippen molar-refractivity contribution in [3.05, 3.63) is 28.8 Å². The maximum absolute atomic E-state index is 11.8. The lowest BCUT2D eigenvalue weighted by molar-refractivity contribution is -0.131. The first-order chi connectivity index (χ1) is 8.97. The molecule has 0 unspecified atom stereocenters. The monoisotopic (exact) mass is 281 g/mol. The first-order valence-electron chi connectivity index (χ1n) is 5.63. The number of carbonyl (C=O) groups is 3. The lowest BCUT2D eigenvalue weighted by Crippen LogP contribution is -2.28. The Balaban J connectivity index is 2.01. The van der Waals surface area contributed by atoms with Crippen molar-refractivity contribution in [3.8, 4) is 0 Å². The van der Waals surface area contributed by atoms with Crippen LogP contribution in [0.3, 0.4) is 0 Å². The van der Waals surface area contributed by atoms with Crippen molar-refractivity contribution in [3.63, 3.8) is 0 Å². The number of hydrogen-bond acceptors (Lipinski definition) is 3. The molecule has 3 N–H and O–H groups in total. The highest BCUT2D eigenvalue weighted by Gasteiger charge is 2.34. The van der Waals surface area contributed by atoms with Crippen LogP contribution in [0.15, 0.2) is 18.2 Å². The van der Waals surface area contributed by atoms with Crippen LogP contribution in [0.4, 0.5) is 5.69 Å². The van der Waals surface area contributed by atoms with Gasteiger partial charge in [0.15, 0.2) is 0 Å². The lowest BCUT2D eigenvalue weighted by atomic mass is 10.0. The zero-order chi connectivity index (χ0) is 14.0. The summed E-state index contributed by atoms with van der Waals surface area (Å²) in [5, 5.41) is 3.22. The number of rotatable bonds is 3. The van der Waals surface area contributed by atoms with Crippen LogP contribution in [0.1, 0.15) is 12.0 Å². The molecule has 0 spiro atoms. The van der Waals surface area contributed by atoms with Gasteiger partial charge < -0.3 is 5.32 Å². The summed E-state index contributed by atoms with van der Waals surface area (Å²) in [4.78, 5) is 34.4. The number of aryl methyl sites for hydroxylation is 1. The van der Waals surface area contributed by atoms with Crippen molar-refractivity contribution in [1.29, 1.82) is 0 Å². The Labute approximate surface area is 114 Å². The molecule has 1 aliphatic heterocycles. The minimum Gasteiger partial charge on any atom is -0.326 e. The number of nitrogens with one attached hydrogen (secondary N) is 3. The maximum atomic E-state index is 11.8. The second kappa shape index (κ2) is 5.27. The highest BCUT2D eigenvalue weighted by atomic mass is 35.5. The van der Waals surface area contributed by atoms with Gasteiger partial charge >= 0.3 is 0 Å². The van der Waals surface area contributed by atoms with Crippen LogP contribution in [0.5, 0.6) is 0 Å². The van der Waals surface area contributed by atoms with Gasteiger partial charge in [0.2, 0.25) is 5.91 Å². The van der Waals surface area contributed by atoms with E-state index in [9.17, 15) is 14.4 Å². The number of halogens is 1. The second-order valence-corrected chi connectivity index (χ2v) is 4.68. The quantitative estimate of drug-likeness (QED) is 0.715. The third-order valence-corrected chi connectivity index (χ3v) is 3.03. The summed E-state index contributed by atoms with van der Waals surface area (Å²) >= 11 is 5.81. The largest absolute Gasteiger partial charge is 0.326 e. The number of carbonyl (C=O) groups excluding carboxylic acids is 3. The molecule has 6 nitrogen and oxygen atoms in total. The van der Waals surface area contributed by atoms with E-state index in [1.165, 1.54) is 0 Å². The van der Waals surface area contributed by atoms with Gasteiger partial charge in [0.25, 0.3) is 11.8 Å². The summed E-state index contributed by atoms with van der Waals surface area (Å²) < 4.78 is 0. The lowest BCUT2D eigenvalue weighted by Gasteiger charge is -2.09. The summed E-state index contributed by atoms with van der Waals surface area (Å²) in [6, 6.07) is 5.04. The predicted molar refractivity (Wildman–Crippen MR) is 69.2 cm³/mol. The summed E-state index contributed by atoms with van der Waals surface area (Å²) in [5.74, 6) is -2.36. The van der Waals surface area contributed by atoms with Crippen molar-refractivity contribution < 1.29 is 14.4 Å². The van der Waals surface area contributed by atoms with Crippen LogP contribution in [0.25, 0.3) is 0 Å². The molecule has 100 valence electrons. The van der Waals surface area contributed by atoms with E-state index in [4.69, 9.17) is 11.6 Å². The normalized spacial score (nSPS) is 15.1. The molecule has 1 saturated heterocycles. The smallest absolute Gasteiger partial charge is 0.251 e. The molecule has 1 fully saturated rings. The molecule has 19 heavy (non-hydrogen) atoms. The van der Waals surface area contributed by atoms with Gasteiger partial charge in [0.1, 0.15) is 5.92 Å². The third kappa shape index (κ3) is 3.03. The summed E-state index contributed by atoms with van der Waals surface area (Å²) in [7, 11) is 0.